The molecule has 2 rings (SSSR count). The molecule has 0 atom stereocenters. The van der Waals surface area contributed by atoms with Gasteiger partial charge < -0.3 is 4.74 Å². The van der Waals surface area contributed by atoms with Crippen LogP contribution in [0.1, 0.15) is 5.56 Å². The lowest BCUT2D eigenvalue weighted by Gasteiger charge is -2.35. The maximum Gasteiger partial charge on any atom is 0.213 e. The predicted octanol–water partition coefficient (Wildman–Crippen LogP) is 1.08. The molecule has 70 valence electrons. The maximum atomic E-state index is 5.65. The fourth-order valence-electron chi connectivity index (χ4n) is 1.46. The molecule has 3 nitrogen and oxygen atoms in total. The quantitative estimate of drug-likeness (QED) is 0.677. The lowest BCUT2D eigenvalue weighted by atomic mass is 10.2. The first-order valence-corrected chi connectivity index (χ1v) is 4.52. The number of nitrogens with zero attached hydrogens (tertiary/aromatic N) is 2. The molecule has 0 saturated carbocycles. The molecule has 1 fully saturated rings. The van der Waals surface area contributed by atoms with Crippen molar-refractivity contribution in [3.8, 4) is 5.88 Å². The van der Waals surface area contributed by atoms with Gasteiger partial charge in [0.15, 0.2) is 0 Å². The van der Waals surface area contributed by atoms with Crippen molar-refractivity contribution in [3.05, 3.63) is 23.9 Å². The van der Waals surface area contributed by atoms with Crippen LogP contribution >= 0.6 is 0 Å². The van der Waals surface area contributed by atoms with E-state index in [4.69, 9.17) is 4.74 Å². The first-order valence-electron chi connectivity index (χ1n) is 4.52. The largest absolute Gasteiger partial charge is 0.472 e. The van der Waals surface area contributed by atoms with Gasteiger partial charge in [-0.05, 0) is 25.6 Å². The summed E-state index contributed by atoms with van der Waals surface area (Å²) in [6.07, 6.45) is 2.12. The van der Waals surface area contributed by atoms with E-state index >= 15 is 0 Å². The molecule has 0 amide bonds. The minimum absolute atomic E-state index is 0.333. The highest BCUT2D eigenvalue weighted by Gasteiger charge is 2.24. The molecular formula is C10H14N2O. The number of aromatic nitrogens is 1. The number of ether oxygens (including phenoxy) is 1. The highest BCUT2D eigenvalue weighted by Crippen LogP contribution is 2.14. The zero-order chi connectivity index (χ0) is 9.26. The van der Waals surface area contributed by atoms with Crippen molar-refractivity contribution in [2.24, 2.45) is 0 Å². The molecule has 0 N–H and O–H groups in total. The predicted molar refractivity (Wildman–Crippen MR) is 50.9 cm³/mol. The van der Waals surface area contributed by atoms with Gasteiger partial charge in [-0.3, -0.25) is 4.90 Å². The van der Waals surface area contributed by atoms with Gasteiger partial charge in [-0.15, -0.1) is 0 Å². The lowest BCUT2D eigenvalue weighted by Crippen LogP contribution is -2.51. The Hall–Kier alpha value is -1.09. The van der Waals surface area contributed by atoms with Crippen LogP contribution in [0, 0.1) is 6.92 Å². The Bertz CT molecular complexity index is 295. The molecule has 0 radical (unpaired) electrons. The number of likely N-dealkylation sites (tertiary alicyclic amines) is 1. The minimum atomic E-state index is 0.333. The third kappa shape index (κ3) is 1.98. The van der Waals surface area contributed by atoms with E-state index in [0.29, 0.717) is 6.10 Å². The van der Waals surface area contributed by atoms with Gasteiger partial charge in [0.1, 0.15) is 6.10 Å². The third-order valence-corrected chi connectivity index (χ3v) is 2.21. The maximum absolute atomic E-state index is 5.65. The summed E-state index contributed by atoms with van der Waals surface area (Å²) in [6, 6.07) is 3.94. The van der Waals surface area contributed by atoms with Gasteiger partial charge in [-0.25, -0.2) is 4.98 Å². The molecule has 1 saturated heterocycles. The van der Waals surface area contributed by atoms with E-state index in [2.05, 4.69) is 16.9 Å². The molecule has 13 heavy (non-hydrogen) atoms. The Balaban J connectivity index is 1.94. The van der Waals surface area contributed by atoms with E-state index in [-0.39, 0.29) is 0 Å². The van der Waals surface area contributed by atoms with Gasteiger partial charge in [-0.1, -0.05) is 0 Å². The summed E-state index contributed by atoms with van der Waals surface area (Å²) < 4.78 is 5.65. The van der Waals surface area contributed by atoms with Crippen LogP contribution in [0.4, 0.5) is 0 Å². The fraction of sp³-hybridized carbons (Fsp3) is 0.500. The summed E-state index contributed by atoms with van der Waals surface area (Å²) in [5.41, 5.74) is 1.19. The molecule has 0 aliphatic carbocycles. The average Bonchev–Trinajstić information content (AvgIpc) is 2.01. The Kier molecular flexibility index (Phi) is 2.19. The molecule has 0 bridgehead atoms. The van der Waals surface area contributed by atoms with E-state index in [1.807, 2.05) is 19.1 Å². The highest BCUT2D eigenvalue weighted by atomic mass is 16.5. The zero-order valence-corrected chi connectivity index (χ0v) is 8.03. The second kappa shape index (κ2) is 3.34. The Labute approximate surface area is 78.3 Å². The average molecular weight is 178 g/mol. The van der Waals surface area contributed by atoms with E-state index in [0.717, 1.165) is 19.0 Å². The van der Waals surface area contributed by atoms with Crippen molar-refractivity contribution >= 4 is 0 Å². The molecule has 1 aliphatic rings. The van der Waals surface area contributed by atoms with Crippen molar-refractivity contribution in [2.45, 2.75) is 13.0 Å². The van der Waals surface area contributed by atoms with Crippen LogP contribution in [-0.4, -0.2) is 36.1 Å². The normalized spacial score (nSPS) is 18.3. The lowest BCUT2D eigenvalue weighted by molar-refractivity contribution is 0.0355. The SMILES string of the molecule is Cc1ccnc(OC2CN(C)C2)c1. The van der Waals surface area contributed by atoms with Crippen molar-refractivity contribution in [1.82, 2.24) is 9.88 Å². The minimum Gasteiger partial charge on any atom is -0.472 e. The summed E-state index contributed by atoms with van der Waals surface area (Å²) in [4.78, 5) is 6.37. The second-order valence-corrected chi connectivity index (χ2v) is 3.63. The number of rotatable bonds is 2. The van der Waals surface area contributed by atoms with Crippen LogP contribution in [0.5, 0.6) is 5.88 Å². The monoisotopic (exact) mass is 178 g/mol. The van der Waals surface area contributed by atoms with Gasteiger partial charge in [0.05, 0.1) is 0 Å². The molecular weight excluding hydrogens is 164 g/mol. The van der Waals surface area contributed by atoms with Gasteiger partial charge in [0, 0.05) is 25.4 Å². The number of hydrogen-bond acceptors (Lipinski definition) is 3. The topological polar surface area (TPSA) is 25.4 Å². The Morgan fingerprint density at radius 1 is 1.54 bits per heavy atom. The molecule has 0 aromatic carbocycles. The summed E-state index contributed by atoms with van der Waals surface area (Å²) in [5.74, 6) is 0.748. The van der Waals surface area contributed by atoms with Crippen LogP contribution in [0.3, 0.4) is 0 Å². The first kappa shape index (κ1) is 8.51. The number of likely N-dealkylation sites (N-methyl/N-ethyl adjacent to an activating group) is 1. The second-order valence-electron chi connectivity index (χ2n) is 3.63. The Morgan fingerprint density at radius 3 is 2.92 bits per heavy atom. The summed E-state index contributed by atoms with van der Waals surface area (Å²) in [5, 5.41) is 0. The van der Waals surface area contributed by atoms with Crippen LogP contribution in [0.15, 0.2) is 18.3 Å². The van der Waals surface area contributed by atoms with E-state index in [1.54, 1.807) is 6.20 Å². The summed E-state index contributed by atoms with van der Waals surface area (Å²) in [7, 11) is 2.09. The summed E-state index contributed by atoms with van der Waals surface area (Å²) in [6.45, 7) is 4.06. The highest BCUT2D eigenvalue weighted by molar-refractivity contribution is 5.19. The van der Waals surface area contributed by atoms with Gasteiger partial charge >= 0.3 is 0 Å². The number of pyridine rings is 1. The van der Waals surface area contributed by atoms with Crippen LogP contribution in [0.2, 0.25) is 0 Å². The molecule has 3 heteroatoms. The zero-order valence-electron chi connectivity index (χ0n) is 8.03. The van der Waals surface area contributed by atoms with Gasteiger partial charge in [0.2, 0.25) is 5.88 Å². The van der Waals surface area contributed by atoms with Crippen molar-refractivity contribution < 1.29 is 4.74 Å². The number of hydrogen-bond donors (Lipinski definition) is 0. The van der Waals surface area contributed by atoms with Crippen molar-refractivity contribution in [2.75, 3.05) is 20.1 Å². The first-order chi connectivity index (χ1) is 6.24. The third-order valence-electron chi connectivity index (χ3n) is 2.21. The van der Waals surface area contributed by atoms with E-state index in [9.17, 15) is 0 Å². The van der Waals surface area contributed by atoms with Gasteiger partial charge in [0.25, 0.3) is 0 Å². The summed E-state index contributed by atoms with van der Waals surface area (Å²) >= 11 is 0. The molecule has 1 aliphatic heterocycles. The molecule has 1 aromatic heterocycles. The standard InChI is InChI=1S/C10H14N2O/c1-8-3-4-11-10(5-8)13-9-6-12(2)7-9/h3-5,9H,6-7H2,1-2H3. The van der Waals surface area contributed by atoms with Gasteiger partial charge in [-0.2, -0.15) is 0 Å². The van der Waals surface area contributed by atoms with Crippen molar-refractivity contribution in [3.63, 3.8) is 0 Å². The molecule has 2 heterocycles. The fourth-order valence-corrected chi connectivity index (χ4v) is 1.46. The van der Waals surface area contributed by atoms with Crippen molar-refractivity contribution in [1.29, 1.82) is 0 Å². The number of aryl methyl sites for hydroxylation is 1. The van der Waals surface area contributed by atoms with E-state index in [1.165, 1.54) is 5.56 Å². The van der Waals surface area contributed by atoms with Crippen LogP contribution in [-0.2, 0) is 0 Å². The van der Waals surface area contributed by atoms with E-state index < -0.39 is 0 Å². The van der Waals surface area contributed by atoms with Crippen LogP contribution in [0.25, 0.3) is 0 Å². The van der Waals surface area contributed by atoms with Crippen LogP contribution < -0.4 is 4.74 Å². The molecule has 1 aromatic rings. The smallest absolute Gasteiger partial charge is 0.213 e. The molecule has 0 spiro atoms. The molecule has 0 unspecified atom stereocenters. The Morgan fingerprint density at radius 2 is 2.31 bits per heavy atom.